The smallest absolute Gasteiger partial charge is 0.263 e. The Bertz CT molecular complexity index is 2740. The molecule has 0 aliphatic carbocycles. The van der Waals surface area contributed by atoms with E-state index in [-0.39, 0.29) is 60.2 Å². The summed E-state index contributed by atoms with van der Waals surface area (Å²) in [6, 6.07) is 28.5. The lowest BCUT2D eigenvalue weighted by molar-refractivity contribution is -0.122. The van der Waals surface area contributed by atoms with Gasteiger partial charge in [0.2, 0.25) is 23.4 Å². The topological polar surface area (TPSA) is 226 Å². The van der Waals surface area contributed by atoms with Crippen LogP contribution in [-0.4, -0.2) is 102 Å². The third-order valence-corrected chi connectivity index (χ3v) is 10.2. The van der Waals surface area contributed by atoms with Crippen LogP contribution in [0.2, 0.25) is 0 Å². The number of carbonyl (C=O) groups excluding carboxylic acids is 4. The van der Waals surface area contributed by atoms with Crippen molar-refractivity contribution in [2.24, 2.45) is 0 Å². The predicted molar refractivity (Wildman–Crippen MR) is 236 cm³/mol. The molecule has 18 nitrogen and oxygen atoms in total. The number of aromatic amines is 2. The number of anilines is 2. The SMILES string of the molecule is C[C@@H]1CN(c2nccnc2Oc2ccc(C(=O)c3nc4ccccc4[nH]3)cc2)CC(=O)N1.C[C@H]1CN(c2nccnc2Oc2ccc(C(=O)c3nc4ccccc4[nH]3)cc2)CC(=O)N1. The van der Waals surface area contributed by atoms with Gasteiger partial charge < -0.3 is 39.9 Å². The minimum atomic E-state index is -0.207. The lowest BCUT2D eigenvalue weighted by Crippen LogP contribution is -2.53. The van der Waals surface area contributed by atoms with Crippen molar-refractivity contribution in [1.29, 1.82) is 0 Å². The molecule has 2 aliphatic rings. The van der Waals surface area contributed by atoms with Crippen LogP contribution in [0.1, 0.15) is 46.2 Å². The van der Waals surface area contributed by atoms with Crippen LogP contribution in [-0.2, 0) is 9.59 Å². The number of hydrogen-bond acceptors (Lipinski definition) is 14. The largest absolute Gasteiger partial charge is 0.436 e. The Morgan fingerprint density at radius 3 is 1.33 bits per heavy atom. The first-order valence-corrected chi connectivity index (χ1v) is 20.4. The molecule has 10 rings (SSSR count). The normalized spacial score (nSPS) is 16.1. The summed E-state index contributed by atoms with van der Waals surface area (Å²) in [5.41, 5.74) is 4.08. The van der Waals surface area contributed by atoms with Gasteiger partial charge in [0.05, 0.1) is 35.2 Å². The molecule has 4 N–H and O–H groups in total. The Kier molecular flexibility index (Phi) is 11.4. The molecule has 64 heavy (non-hydrogen) atoms. The van der Waals surface area contributed by atoms with Gasteiger partial charge in [-0.2, -0.15) is 0 Å². The fourth-order valence-corrected chi connectivity index (χ4v) is 7.37. The van der Waals surface area contributed by atoms with E-state index in [4.69, 9.17) is 9.47 Å². The highest BCUT2D eigenvalue weighted by molar-refractivity contribution is 6.08. The number of imidazole rings is 2. The first-order chi connectivity index (χ1) is 31.1. The highest BCUT2D eigenvalue weighted by Crippen LogP contribution is 2.31. The third-order valence-electron chi connectivity index (χ3n) is 10.2. The summed E-state index contributed by atoms with van der Waals surface area (Å²) in [4.78, 5) is 85.3. The highest BCUT2D eigenvalue weighted by atomic mass is 16.5. The molecule has 8 aromatic rings. The standard InChI is InChI=1S/2C23H20N6O3/c2*1-14-12-29(13-19(30)26-14)22-23(25-11-10-24-22)32-16-8-6-15(7-9-16)20(31)21-27-17-4-2-3-5-18(17)28-21/h2*2-11,14H,12-13H2,1H3,(H,26,30)(H,27,28)/t2*14-/m10/s1. The average Bonchev–Trinajstić information content (AvgIpc) is 3.95. The number of nitrogens with one attached hydrogen (secondary N) is 4. The van der Waals surface area contributed by atoms with Gasteiger partial charge in [0, 0.05) is 61.1 Å². The van der Waals surface area contributed by atoms with E-state index in [1.54, 1.807) is 60.9 Å². The number of carbonyl (C=O) groups is 4. The first kappa shape index (κ1) is 40.8. The van der Waals surface area contributed by atoms with Crippen LogP contribution in [0.5, 0.6) is 23.3 Å². The molecule has 2 atom stereocenters. The Balaban J connectivity index is 0.000000162. The van der Waals surface area contributed by atoms with Crippen molar-refractivity contribution in [3.63, 3.8) is 0 Å². The number of amides is 2. The van der Waals surface area contributed by atoms with E-state index in [1.807, 2.05) is 72.2 Å². The molecule has 0 radical (unpaired) electrons. The molecule has 2 aliphatic heterocycles. The molecule has 2 fully saturated rings. The number of benzene rings is 4. The molecule has 0 spiro atoms. The second-order valence-corrected chi connectivity index (χ2v) is 15.2. The number of nitrogens with zero attached hydrogens (tertiary/aromatic N) is 8. The van der Waals surface area contributed by atoms with Gasteiger partial charge in [0.1, 0.15) is 11.5 Å². The van der Waals surface area contributed by atoms with Gasteiger partial charge in [0.25, 0.3) is 11.8 Å². The van der Waals surface area contributed by atoms with Crippen molar-refractivity contribution < 1.29 is 28.7 Å². The molecule has 2 amide bonds. The van der Waals surface area contributed by atoms with Gasteiger partial charge in [0.15, 0.2) is 23.3 Å². The monoisotopic (exact) mass is 856 g/mol. The zero-order valence-corrected chi connectivity index (χ0v) is 34.6. The summed E-state index contributed by atoms with van der Waals surface area (Å²) in [5, 5.41) is 5.76. The fraction of sp³-hybridized carbons (Fsp3) is 0.174. The summed E-state index contributed by atoms with van der Waals surface area (Å²) in [5.74, 6) is 2.60. The van der Waals surface area contributed by atoms with Crippen molar-refractivity contribution in [2.45, 2.75) is 25.9 Å². The van der Waals surface area contributed by atoms with Crippen LogP contribution in [0.25, 0.3) is 22.1 Å². The van der Waals surface area contributed by atoms with Crippen molar-refractivity contribution in [1.82, 2.24) is 50.5 Å². The number of fused-ring (bicyclic) bond motifs is 2. The number of aromatic nitrogens is 8. The lowest BCUT2D eigenvalue weighted by Gasteiger charge is -2.32. The van der Waals surface area contributed by atoms with E-state index in [2.05, 4.69) is 50.5 Å². The van der Waals surface area contributed by atoms with Crippen LogP contribution in [0.15, 0.2) is 122 Å². The number of ketones is 2. The molecule has 4 aromatic heterocycles. The number of para-hydroxylation sites is 4. The van der Waals surface area contributed by atoms with Crippen LogP contribution in [0.3, 0.4) is 0 Å². The molecular weight excluding hydrogens is 817 g/mol. The number of ether oxygens (including phenoxy) is 2. The van der Waals surface area contributed by atoms with Gasteiger partial charge in [-0.25, -0.2) is 29.9 Å². The van der Waals surface area contributed by atoms with Crippen molar-refractivity contribution in [2.75, 3.05) is 36.0 Å². The Labute approximate surface area is 365 Å². The lowest BCUT2D eigenvalue weighted by atomic mass is 10.1. The number of hydrogen-bond donors (Lipinski definition) is 4. The van der Waals surface area contributed by atoms with Crippen molar-refractivity contribution in [3.05, 3.63) is 145 Å². The first-order valence-electron chi connectivity index (χ1n) is 20.4. The number of piperazine rings is 2. The zero-order chi connectivity index (χ0) is 44.2. The Morgan fingerprint density at radius 1 is 0.547 bits per heavy atom. The maximum absolute atomic E-state index is 12.8. The Morgan fingerprint density at radius 2 is 0.938 bits per heavy atom. The molecule has 0 bridgehead atoms. The zero-order valence-electron chi connectivity index (χ0n) is 34.6. The van der Waals surface area contributed by atoms with Crippen molar-refractivity contribution >= 4 is 57.1 Å². The number of H-pyrrole nitrogens is 2. The predicted octanol–water partition coefficient (Wildman–Crippen LogP) is 5.40. The van der Waals surface area contributed by atoms with Crippen LogP contribution < -0.4 is 29.9 Å². The van der Waals surface area contributed by atoms with Crippen LogP contribution >= 0.6 is 0 Å². The van der Waals surface area contributed by atoms with Crippen LogP contribution in [0, 0.1) is 0 Å². The van der Waals surface area contributed by atoms with Gasteiger partial charge in [-0.3, -0.25) is 19.2 Å². The van der Waals surface area contributed by atoms with Gasteiger partial charge >= 0.3 is 0 Å². The summed E-state index contributed by atoms with van der Waals surface area (Å²) in [6.45, 7) is 5.43. The third kappa shape index (κ3) is 9.06. The molecule has 2 saturated heterocycles. The minimum absolute atomic E-state index is 0.00495. The second kappa shape index (κ2) is 17.8. The molecule has 18 heteroatoms. The van der Waals surface area contributed by atoms with Gasteiger partial charge in [-0.15, -0.1) is 0 Å². The molecule has 6 heterocycles. The molecule has 4 aromatic carbocycles. The fourth-order valence-electron chi connectivity index (χ4n) is 7.37. The minimum Gasteiger partial charge on any atom is -0.436 e. The van der Waals surface area contributed by atoms with Crippen molar-refractivity contribution in [3.8, 4) is 23.3 Å². The van der Waals surface area contributed by atoms with E-state index < -0.39 is 0 Å². The summed E-state index contributed by atoms with van der Waals surface area (Å²) in [7, 11) is 0. The van der Waals surface area contributed by atoms with E-state index >= 15 is 0 Å². The van der Waals surface area contributed by atoms with E-state index in [0.29, 0.717) is 59.1 Å². The summed E-state index contributed by atoms with van der Waals surface area (Å²) in [6.07, 6.45) is 6.19. The average molecular weight is 857 g/mol. The summed E-state index contributed by atoms with van der Waals surface area (Å²) < 4.78 is 11.9. The molecular formula is C46H40N12O6. The quantitative estimate of drug-likeness (QED) is 0.126. The Hall–Kier alpha value is -8.54. The van der Waals surface area contributed by atoms with Crippen LogP contribution in [0.4, 0.5) is 11.6 Å². The van der Waals surface area contributed by atoms with E-state index in [9.17, 15) is 19.2 Å². The highest BCUT2D eigenvalue weighted by Gasteiger charge is 2.27. The number of rotatable bonds is 10. The molecule has 0 unspecified atom stereocenters. The van der Waals surface area contributed by atoms with E-state index in [1.165, 1.54) is 12.4 Å². The van der Waals surface area contributed by atoms with E-state index in [0.717, 1.165) is 22.1 Å². The molecule has 0 saturated carbocycles. The maximum Gasteiger partial charge on any atom is 0.263 e. The van der Waals surface area contributed by atoms with Gasteiger partial charge in [-0.1, -0.05) is 24.3 Å². The maximum atomic E-state index is 12.8. The summed E-state index contributed by atoms with van der Waals surface area (Å²) >= 11 is 0. The molecule has 320 valence electrons. The second-order valence-electron chi connectivity index (χ2n) is 15.2. The van der Waals surface area contributed by atoms with Gasteiger partial charge in [-0.05, 0) is 86.6 Å².